The monoisotopic (exact) mass is 434 g/mol. The minimum atomic E-state index is -3.81. The van der Waals surface area contributed by atoms with Crippen LogP contribution < -0.4 is 9.80 Å². The Morgan fingerprint density at radius 2 is 1.47 bits per heavy atom. The minimum absolute atomic E-state index is 0.00571. The number of halogens is 1. The lowest BCUT2D eigenvalue weighted by molar-refractivity contribution is -0.385. The first-order valence-electron chi connectivity index (χ1n) is 9.90. The Labute approximate surface area is 174 Å². The molecular formula is C20H23FN4O4S. The molecule has 0 aromatic heterocycles. The van der Waals surface area contributed by atoms with Crippen molar-refractivity contribution in [1.29, 1.82) is 0 Å². The van der Waals surface area contributed by atoms with Gasteiger partial charge in [0.25, 0.3) is 5.69 Å². The largest absolute Gasteiger partial charge is 0.368 e. The van der Waals surface area contributed by atoms with Crippen LogP contribution in [0, 0.1) is 15.9 Å². The summed E-state index contributed by atoms with van der Waals surface area (Å²) in [6.07, 6.45) is 1.58. The van der Waals surface area contributed by atoms with Crippen LogP contribution in [0.2, 0.25) is 0 Å². The summed E-state index contributed by atoms with van der Waals surface area (Å²) in [5.41, 5.74) is 1.16. The predicted octanol–water partition coefficient (Wildman–Crippen LogP) is 2.85. The van der Waals surface area contributed by atoms with E-state index < -0.39 is 14.9 Å². The van der Waals surface area contributed by atoms with Gasteiger partial charge in [-0.15, -0.1) is 0 Å². The summed E-state index contributed by atoms with van der Waals surface area (Å²) >= 11 is 0. The summed E-state index contributed by atoms with van der Waals surface area (Å²) in [5.74, 6) is -0.292. The quantitative estimate of drug-likeness (QED) is 0.531. The lowest BCUT2D eigenvalue weighted by atomic mass is 10.2. The number of sulfonamides is 1. The Morgan fingerprint density at radius 3 is 2.07 bits per heavy atom. The Morgan fingerprint density at radius 1 is 0.867 bits per heavy atom. The van der Waals surface area contributed by atoms with E-state index in [-0.39, 0.29) is 16.4 Å². The molecule has 2 aromatic rings. The number of benzene rings is 2. The molecule has 8 nitrogen and oxygen atoms in total. The highest BCUT2D eigenvalue weighted by Gasteiger charge is 2.33. The molecule has 0 spiro atoms. The van der Waals surface area contributed by atoms with Crippen molar-refractivity contribution in [3.05, 3.63) is 58.4 Å². The van der Waals surface area contributed by atoms with Crippen LogP contribution in [0.25, 0.3) is 0 Å². The third-order valence-electron chi connectivity index (χ3n) is 5.65. The molecule has 2 aliphatic heterocycles. The van der Waals surface area contributed by atoms with E-state index in [1.165, 1.54) is 34.6 Å². The average molecular weight is 434 g/mol. The summed E-state index contributed by atoms with van der Waals surface area (Å²) in [4.78, 5) is 14.7. The first-order valence-corrected chi connectivity index (χ1v) is 11.3. The van der Waals surface area contributed by atoms with Gasteiger partial charge in [0.2, 0.25) is 10.0 Å². The van der Waals surface area contributed by atoms with E-state index in [4.69, 9.17) is 0 Å². The van der Waals surface area contributed by atoms with E-state index >= 15 is 0 Å². The molecule has 4 rings (SSSR count). The first-order chi connectivity index (χ1) is 14.4. The van der Waals surface area contributed by atoms with Gasteiger partial charge < -0.3 is 9.80 Å². The molecule has 0 atom stereocenters. The zero-order valence-corrected chi connectivity index (χ0v) is 17.2. The molecule has 30 heavy (non-hydrogen) atoms. The van der Waals surface area contributed by atoms with Gasteiger partial charge >= 0.3 is 0 Å². The van der Waals surface area contributed by atoms with Crippen molar-refractivity contribution in [3.8, 4) is 0 Å². The second-order valence-corrected chi connectivity index (χ2v) is 9.38. The second kappa shape index (κ2) is 8.19. The van der Waals surface area contributed by atoms with E-state index in [1.807, 2.05) is 4.90 Å². The van der Waals surface area contributed by atoms with Gasteiger partial charge in [-0.05, 0) is 43.2 Å². The van der Waals surface area contributed by atoms with Crippen LogP contribution in [0.15, 0.2) is 47.4 Å². The minimum Gasteiger partial charge on any atom is -0.368 e. The number of piperazine rings is 1. The fourth-order valence-electron chi connectivity index (χ4n) is 4.01. The number of rotatable bonds is 5. The highest BCUT2D eigenvalue weighted by atomic mass is 32.2. The van der Waals surface area contributed by atoms with Gasteiger partial charge in [0.15, 0.2) is 0 Å². The van der Waals surface area contributed by atoms with Gasteiger partial charge in [0.1, 0.15) is 10.7 Å². The van der Waals surface area contributed by atoms with Gasteiger partial charge in [-0.2, -0.15) is 4.31 Å². The van der Waals surface area contributed by atoms with E-state index in [0.717, 1.165) is 18.5 Å². The molecule has 0 radical (unpaired) electrons. The van der Waals surface area contributed by atoms with Crippen LogP contribution in [0.1, 0.15) is 12.8 Å². The van der Waals surface area contributed by atoms with Crippen LogP contribution in [-0.4, -0.2) is 56.9 Å². The summed E-state index contributed by atoms with van der Waals surface area (Å²) in [6, 6.07) is 10.3. The van der Waals surface area contributed by atoms with Crippen molar-refractivity contribution in [2.45, 2.75) is 17.7 Å². The molecule has 0 amide bonds. The maximum atomic E-state index is 13.2. The summed E-state index contributed by atoms with van der Waals surface area (Å²) in [7, 11) is -3.81. The highest BCUT2D eigenvalue weighted by Crippen LogP contribution is 2.34. The van der Waals surface area contributed by atoms with Crippen molar-refractivity contribution in [3.63, 3.8) is 0 Å². The summed E-state index contributed by atoms with van der Waals surface area (Å²) in [5, 5.41) is 11.3. The third kappa shape index (κ3) is 3.97. The molecule has 10 heteroatoms. The van der Waals surface area contributed by atoms with Gasteiger partial charge in [0.05, 0.1) is 10.6 Å². The molecule has 0 aliphatic carbocycles. The molecule has 160 valence electrons. The smallest absolute Gasteiger partial charge is 0.270 e. The van der Waals surface area contributed by atoms with E-state index in [0.29, 0.717) is 45.0 Å². The number of nitrogens with zero attached hydrogens (tertiary/aromatic N) is 4. The van der Waals surface area contributed by atoms with Crippen molar-refractivity contribution < 1.29 is 17.7 Å². The fourth-order valence-corrected chi connectivity index (χ4v) is 5.76. The van der Waals surface area contributed by atoms with Crippen LogP contribution in [0.4, 0.5) is 21.5 Å². The van der Waals surface area contributed by atoms with E-state index in [1.54, 1.807) is 12.1 Å². The van der Waals surface area contributed by atoms with Crippen molar-refractivity contribution in [2.24, 2.45) is 0 Å². The maximum absolute atomic E-state index is 13.2. The Hall–Kier alpha value is -2.72. The normalized spacial score (nSPS) is 18.0. The molecule has 2 fully saturated rings. The molecule has 0 N–H and O–H groups in total. The molecule has 0 bridgehead atoms. The van der Waals surface area contributed by atoms with Crippen LogP contribution in [0.5, 0.6) is 0 Å². The van der Waals surface area contributed by atoms with Crippen LogP contribution in [-0.2, 0) is 10.0 Å². The molecule has 0 unspecified atom stereocenters. The maximum Gasteiger partial charge on any atom is 0.270 e. The second-order valence-electron chi connectivity index (χ2n) is 7.47. The summed E-state index contributed by atoms with van der Waals surface area (Å²) < 4.78 is 41.0. The predicted molar refractivity (Wildman–Crippen MR) is 112 cm³/mol. The number of nitro benzene ring substituents is 1. The van der Waals surface area contributed by atoms with E-state index in [2.05, 4.69) is 4.90 Å². The van der Waals surface area contributed by atoms with Gasteiger partial charge in [-0.25, -0.2) is 12.8 Å². The van der Waals surface area contributed by atoms with Crippen molar-refractivity contribution in [1.82, 2.24) is 4.31 Å². The fraction of sp³-hybridized carbons (Fsp3) is 0.400. The zero-order valence-electron chi connectivity index (χ0n) is 16.4. The molecule has 0 saturated carbocycles. The van der Waals surface area contributed by atoms with Crippen molar-refractivity contribution >= 4 is 27.1 Å². The van der Waals surface area contributed by atoms with Gasteiger partial charge in [0, 0.05) is 57.1 Å². The lowest BCUT2D eigenvalue weighted by Gasteiger charge is -2.38. The standard InChI is InChI=1S/C20H23FN4O4S/c21-16-3-5-17(6-4-16)22-11-13-23(14-12-22)19-8-7-18(25(26)27)15-20(19)30(28,29)24-9-1-2-10-24/h3-8,15H,1-2,9-14H2. The Kier molecular flexibility index (Phi) is 5.61. The molecule has 2 aliphatic rings. The Bertz CT molecular complexity index is 1030. The summed E-state index contributed by atoms with van der Waals surface area (Å²) in [6.45, 7) is 3.23. The number of anilines is 2. The van der Waals surface area contributed by atoms with E-state index in [9.17, 15) is 22.9 Å². The van der Waals surface area contributed by atoms with Crippen LogP contribution >= 0.6 is 0 Å². The molecule has 2 aromatic carbocycles. The number of hydrogen-bond acceptors (Lipinski definition) is 6. The SMILES string of the molecule is O=[N+]([O-])c1ccc(N2CCN(c3ccc(F)cc3)CC2)c(S(=O)(=O)N2CCCC2)c1. The number of hydrogen-bond donors (Lipinski definition) is 0. The highest BCUT2D eigenvalue weighted by molar-refractivity contribution is 7.89. The zero-order chi connectivity index (χ0) is 21.3. The lowest BCUT2D eigenvalue weighted by Crippen LogP contribution is -2.47. The first kappa shape index (κ1) is 20.5. The number of nitro groups is 1. The molecule has 2 heterocycles. The topological polar surface area (TPSA) is 87.0 Å². The van der Waals surface area contributed by atoms with Crippen LogP contribution in [0.3, 0.4) is 0 Å². The molecule has 2 saturated heterocycles. The molecular weight excluding hydrogens is 411 g/mol. The number of non-ortho nitro benzene ring substituents is 1. The van der Waals surface area contributed by atoms with Crippen molar-refractivity contribution in [2.75, 3.05) is 49.1 Å². The third-order valence-corrected chi connectivity index (χ3v) is 7.58. The average Bonchev–Trinajstić information content (AvgIpc) is 3.30. The van der Waals surface area contributed by atoms with Gasteiger partial charge in [-0.3, -0.25) is 10.1 Å². The Balaban J connectivity index is 1.61. The van der Waals surface area contributed by atoms with Gasteiger partial charge in [-0.1, -0.05) is 0 Å².